The number of nitriles is 1. The number of hydrogen-bond acceptors (Lipinski definition) is 1. The maximum Gasteiger partial charge on any atom is 0.0992 e. The summed E-state index contributed by atoms with van der Waals surface area (Å²) in [7, 11) is 0. The van der Waals surface area contributed by atoms with Gasteiger partial charge in [0.25, 0.3) is 0 Å². The zero-order valence-corrected chi connectivity index (χ0v) is 10.3. The summed E-state index contributed by atoms with van der Waals surface area (Å²) in [5.74, 6) is 1.45. The van der Waals surface area contributed by atoms with E-state index in [2.05, 4.69) is 13.0 Å². The van der Waals surface area contributed by atoms with Crippen LogP contribution in [0.15, 0.2) is 18.2 Å². The minimum absolute atomic E-state index is 0.594. The van der Waals surface area contributed by atoms with Crippen molar-refractivity contribution < 1.29 is 0 Å². The molecular formula is C14H16ClN. The molecule has 1 nitrogen and oxygen atoms in total. The summed E-state index contributed by atoms with van der Waals surface area (Å²) >= 11 is 6.23. The van der Waals surface area contributed by atoms with Crippen LogP contribution in [-0.2, 0) is 0 Å². The van der Waals surface area contributed by atoms with Gasteiger partial charge in [-0.1, -0.05) is 37.4 Å². The minimum atomic E-state index is 0.594. The van der Waals surface area contributed by atoms with E-state index >= 15 is 0 Å². The molecule has 2 rings (SSSR count). The fraction of sp³-hybridized carbons (Fsp3) is 0.500. The summed E-state index contributed by atoms with van der Waals surface area (Å²) in [5.41, 5.74) is 1.88. The van der Waals surface area contributed by atoms with Gasteiger partial charge >= 0.3 is 0 Å². The van der Waals surface area contributed by atoms with E-state index in [1.54, 1.807) is 6.07 Å². The second kappa shape index (κ2) is 4.89. The van der Waals surface area contributed by atoms with Crippen molar-refractivity contribution in [2.75, 3.05) is 0 Å². The monoisotopic (exact) mass is 233 g/mol. The molecule has 0 unspecified atom stereocenters. The first-order chi connectivity index (χ1) is 7.70. The van der Waals surface area contributed by atoms with Gasteiger partial charge in [0.2, 0.25) is 0 Å². The predicted molar refractivity (Wildman–Crippen MR) is 66.5 cm³/mol. The largest absolute Gasteiger partial charge is 0.192 e. The summed E-state index contributed by atoms with van der Waals surface area (Å²) in [6, 6.07) is 7.81. The first-order valence-electron chi connectivity index (χ1n) is 5.90. The highest BCUT2D eigenvalue weighted by molar-refractivity contribution is 6.31. The van der Waals surface area contributed by atoms with Gasteiger partial charge in [-0.15, -0.1) is 0 Å². The highest BCUT2D eigenvalue weighted by Gasteiger charge is 2.21. The zero-order valence-electron chi connectivity index (χ0n) is 9.54. The molecule has 1 fully saturated rings. The van der Waals surface area contributed by atoms with Crippen LogP contribution in [0.5, 0.6) is 0 Å². The normalized spacial score (nSPS) is 25.1. The number of halogens is 1. The van der Waals surface area contributed by atoms with Gasteiger partial charge in [0, 0.05) is 5.02 Å². The van der Waals surface area contributed by atoms with E-state index in [1.807, 2.05) is 12.1 Å². The summed E-state index contributed by atoms with van der Waals surface area (Å²) in [4.78, 5) is 0. The number of benzene rings is 1. The Balaban J connectivity index is 2.18. The predicted octanol–water partition coefficient (Wildman–Crippen LogP) is 4.51. The molecule has 0 amide bonds. The molecule has 0 atom stereocenters. The van der Waals surface area contributed by atoms with Gasteiger partial charge in [-0.2, -0.15) is 5.26 Å². The summed E-state index contributed by atoms with van der Waals surface area (Å²) < 4.78 is 0. The van der Waals surface area contributed by atoms with Crippen LogP contribution in [0.25, 0.3) is 0 Å². The van der Waals surface area contributed by atoms with E-state index in [0.29, 0.717) is 11.5 Å². The average Bonchev–Trinajstić information content (AvgIpc) is 2.30. The number of rotatable bonds is 1. The van der Waals surface area contributed by atoms with Gasteiger partial charge in [0.1, 0.15) is 0 Å². The average molecular weight is 234 g/mol. The smallest absolute Gasteiger partial charge is 0.0992 e. The SMILES string of the molecule is CC1CCC(c2ccc(C#N)cc2Cl)CC1. The molecule has 0 saturated heterocycles. The van der Waals surface area contributed by atoms with Gasteiger partial charge in [0.05, 0.1) is 11.6 Å². The maximum atomic E-state index is 8.79. The topological polar surface area (TPSA) is 23.8 Å². The molecule has 0 N–H and O–H groups in total. The van der Waals surface area contributed by atoms with Crippen molar-refractivity contribution in [1.29, 1.82) is 5.26 Å². The van der Waals surface area contributed by atoms with E-state index in [4.69, 9.17) is 16.9 Å². The Morgan fingerprint density at radius 2 is 1.94 bits per heavy atom. The van der Waals surface area contributed by atoms with Crippen molar-refractivity contribution in [3.8, 4) is 6.07 Å². The van der Waals surface area contributed by atoms with Crippen LogP contribution >= 0.6 is 11.6 Å². The first kappa shape index (κ1) is 11.5. The molecule has 0 radical (unpaired) electrons. The maximum absolute atomic E-state index is 8.79. The van der Waals surface area contributed by atoms with Crippen molar-refractivity contribution in [1.82, 2.24) is 0 Å². The lowest BCUT2D eigenvalue weighted by Gasteiger charge is -2.27. The van der Waals surface area contributed by atoms with Crippen molar-refractivity contribution in [2.45, 2.75) is 38.5 Å². The lowest BCUT2D eigenvalue weighted by Crippen LogP contribution is -2.11. The second-order valence-corrected chi connectivity index (χ2v) is 5.21. The molecule has 0 bridgehead atoms. The van der Waals surface area contributed by atoms with Crippen LogP contribution in [0, 0.1) is 17.2 Å². The molecular weight excluding hydrogens is 218 g/mol. The molecule has 0 aliphatic heterocycles. The summed E-state index contributed by atoms with van der Waals surface area (Å²) in [6.45, 7) is 2.32. The van der Waals surface area contributed by atoms with Crippen molar-refractivity contribution >= 4 is 11.6 Å². The Kier molecular flexibility index (Phi) is 3.51. The van der Waals surface area contributed by atoms with E-state index in [1.165, 1.54) is 31.2 Å². The molecule has 1 aliphatic rings. The summed E-state index contributed by atoms with van der Waals surface area (Å²) in [5, 5.41) is 9.55. The third-order valence-corrected chi connectivity index (χ3v) is 3.91. The molecule has 0 spiro atoms. The van der Waals surface area contributed by atoms with Crippen LogP contribution in [0.4, 0.5) is 0 Å². The highest BCUT2D eigenvalue weighted by Crippen LogP contribution is 2.38. The minimum Gasteiger partial charge on any atom is -0.192 e. The van der Waals surface area contributed by atoms with Crippen molar-refractivity contribution in [3.05, 3.63) is 34.3 Å². The molecule has 2 heteroatoms. The molecule has 0 heterocycles. The van der Waals surface area contributed by atoms with Gasteiger partial charge in [-0.3, -0.25) is 0 Å². The molecule has 16 heavy (non-hydrogen) atoms. The van der Waals surface area contributed by atoms with Gasteiger partial charge in [-0.25, -0.2) is 0 Å². The van der Waals surface area contributed by atoms with Gasteiger partial charge in [-0.05, 0) is 42.4 Å². The van der Waals surface area contributed by atoms with E-state index in [-0.39, 0.29) is 0 Å². The van der Waals surface area contributed by atoms with E-state index < -0.39 is 0 Å². The van der Waals surface area contributed by atoms with Crippen molar-refractivity contribution in [3.63, 3.8) is 0 Å². The third-order valence-electron chi connectivity index (χ3n) is 3.59. The number of hydrogen-bond donors (Lipinski definition) is 0. The fourth-order valence-electron chi connectivity index (χ4n) is 2.50. The molecule has 1 aromatic carbocycles. The van der Waals surface area contributed by atoms with Crippen LogP contribution in [0.2, 0.25) is 5.02 Å². The molecule has 1 saturated carbocycles. The highest BCUT2D eigenvalue weighted by atomic mass is 35.5. The van der Waals surface area contributed by atoms with E-state index in [9.17, 15) is 0 Å². The first-order valence-corrected chi connectivity index (χ1v) is 6.28. The Hall–Kier alpha value is -1.00. The number of nitrogens with zero attached hydrogens (tertiary/aromatic N) is 1. The standard InChI is InChI=1S/C14H16ClN/c1-10-2-5-12(6-3-10)13-7-4-11(9-16)8-14(13)15/h4,7-8,10,12H,2-3,5-6H2,1H3. The Labute approximate surface area is 102 Å². The van der Waals surface area contributed by atoms with Gasteiger partial charge < -0.3 is 0 Å². The molecule has 1 aromatic rings. The van der Waals surface area contributed by atoms with Crippen LogP contribution < -0.4 is 0 Å². The Bertz CT molecular complexity index is 411. The van der Waals surface area contributed by atoms with Crippen LogP contribution in [-0.4, -0.2) is 0 Å². The lowest BCUT2D eigenvalue weighted by molar-refractivity contribution is 0.348. The molecule has 84 valence electrons. The Morgan fingerprint density at radius 1 is 1.25 bits per heavy atom. The fourth-order valence-corrected chi connectivity index (χ4v) is 2.83. The van der Waals surface area contributed by atoms with Gasteiger partial charge in [0.15, 0.2) is 0 Å². The van der Waals surface area contributed by atoms with E-state index in [0.717, 1.165) is 10.9 Å². The van der Waals surface area contributed by atoms with Crippen molar-refractivity contribution in [2.24, 2.45) is 5.92 Å². The Morgan fingerprint density at radius 3 is 2.50 bits per heavy atom. The second-order valence-electron chi connectivity index (χ2n) is 4.80. The van der Waals surface area contributed by atoms with Crippen LogP contribution in [0.3, 0.4) is 0 Å². The quantitative estimate of drug-likeness (QED) is 0.700. The third kappa shape index (κ3) is 2.39. The zero-order chi connectivity index (χ0) is 11.5. The van der Waals surface area contributed by atoms with Crippen LogP contribution in [0.1, 0.15) is 49.7 Å². The molecule has 0 aromatic heterocycles. The molecule has 1 aliphatic carbocycles. The lowest BCUT2D eigenvalue weighted by atomic mass is 9.79. The summed E-state index contributed by atoms with van der Waals surface area (Å²) in [6.07, 6.45) is 5.04.